The second-order valence-corrected chi connectivity index (χ2v) is 4.47. The van der Waals surface area contributed by atoms with Crippen molar-refractivity contribution in [3.8, 4) is 0 Å². The van der Waals surface area contributed by atoms with Crippen LogP contribution in [0.4, 0.5) is 15.8 Å². The number of nitrogens with zero attached hydrogens (tertiary/aromatic N) is 1. The van der Waals surface area contributed by atoms with Gasteiger partial charge >= 0.3 is 0 Å². The number of carbonyl (C=O) groups excluding carboxylic acids is 1. The molecule has 1 unspecified atom stereocenters. The largest absolute Gasteiger partial charge is 0.368 e. The number of nitrogens with two attached hydrogens (primary N) is 1. The maximum absolute atomic E-state index is 13.3. The molecule has 92 valence electrons. The fourth-order valence-corrected chi connectivity index (χ4v) is 1.56. The summed E-state index contributed by atoms with van der Waals surface area (Å²) >= 11 is 1.65. The number of hydrogen-bond acceptors (Lipinski definition) is 4. The van der Waals surface area contributed by atoms with E-state index in [-0.39, 0.29) is 14.9 Å². The van der Waals surface area contributed by atoms with Gasteiger partial charge in [-0.05, 0) is 29.5 Å². The third-order valence-electron chi connectivity index (χ3n) is 2.03. The SMILES string of the molecule is CC(Nc1cc(F)c(I)cc1[N+](=O)[O-])C(N)=O. The van der Waals surface area contributed by atoms with Gasteiger partial charge < -0.3 is 11.1 Å². The molecule has 6 nitrogen and oxygen atoms in total. The molecule has 1 atom stereocenters. The molecule has 0 aliphatic carbocycles. The van der Waals surface area contributed by atoms with Crippen LogP contribution in [0.5, 0.6) is 0 Å². The van der Waals surface area contributed by atoms with Crippen LogP contribution >= 0.6 is 22.6 Å². The number of carbonyl (C=O) groups is 1. The standard InChI is InChI=1S/C9H9FIN3O3/c1-4(9(12)15)13-7-2-5(10)6(11)3-8(7)14(16)17/h2-4,13H,1H3,(H2,12,15). The zero-order chi connectivity index (χ0) is 13.2. The molecule has 1 aromatic rings. The number of amides is 1. The van der Waals surface area contributed by atoms with Gasteiger partial charge in [0.1, 0.15) is 17.5 Å². The van der Waals surface area contributed by atoms with Crippen molar-refractivity contribution in [3.63, 3.8) is 0 Å². The second kappa shape index (κ2) is 5.25. The summed E-state index contributed by atoms with van der Waals surface area (Å²) in [7, 11) is 0. The summed E-state index contributed by atoms with van der Waals surface area (Å²) in [6, 6.07) is 1.24. The third kappa shape index (κ3) is 3.25. The Hall–Kier alpha value is -1.45. The zero-order valence-electron chi connectivity index (χ0n) is 8.74. The molecular formula is C9H9FIN3O3. The molecule has 0 spiro atoms. The van der Waals surface area contributed by atoms with Crippen molar-refractivity contribution in [1.82, 2.24) is 0 Å². The Bertz CT molecular complexity index is 481. The molecule has 0 aromatic heterocycles. The highest BCUT2D eigenvalue weighted by atomic mass is 127. The van der Waals surface area contributed by atoms with Crippen LogP contribution in [0.15, 0.2) is 12.1 Å². The van der Waals surface area contributed by atoms with Gasteiger partial charge in [-0.2, -0.15) is 0 Å². The van der Waals surface area contributed by atoms with E-state index in [9.17, 15) is 19.3 Å². The number of rotatable bonds is 4. The van der Waals surface area contributed by atoms with Crippen LogP contribution in [0.1, 0.15) is 6.92 Å². The van der Waals surface area contributed by atoms with E-state index in [4.69, 9.17) is 5.73 Å². The summed E-state index contributed by atoms with van der Waals surface area (Å²) in [5, 5.41) is 13.3. The minimum absolute atomic E-state index is 0.0702. The average Bonchev–Trinajstić information content (AvgIpc) is 2.22. The van der Waals surface area contributed by atoms with Gasteiger partial charge in [0.25, 0.3) is 5.69 Å². The van der Waals surface area contributed by atoms with Crippen LogP contribution in [-0.4, -0.2) is 16.9 Å². The molecule has 0 saturated heterocycles. The predicted molar refractivity (Wildman–Crippen MR) is 68.1 cm³/mol. The summed E-state index contributed by atoms with van der Waals surface area (Å²) in [4.78, 5) is 20.9. The highest BCUT2D eigenvalue weighted by Gasteiger charge is 2.20. The van der Waals surface area contributed by atoms with Crippen LogP contribution in [0.3, 0.4) is 0 Å². The number of nitro groups is 1. The topological polar surface area (TPSA) is 98.3 Å². The van der Waals surface area contributed by atoms with Gasteiger partial charge in [0.15, 0.2) is 0 Å². The first kappa shape index (κ1) is 13.6. The van der Waals surface area contributed by atoms with E-state index in [1.807, 2.05) is 0 Å². The van der Waals surface area contributed by atoms with Crippen molar-refractivity contribution >= 4 is 39.9 Å². The fourth-order valence-electron chi connectivity index (χ4n) is 1.11. The Balaban J connectivity index is 3.17. The summed E-state index contributed by atoms with van der Waals surface area (Å²) in [6.45, 7) is 1.43. The van der Waals surface area contributed by atoms with Gasteiger partial charge in [-0.15, -0.1) is 0 Å². The Morgan fingerprint density at radius 3 is 2.71 bits per heavy atom. The van der Waals surface area contributed by atoms with Gasteiger partial charge in [-0.1, -0.05) is 0 Å². The first-order valence-corrected chi connectivity index (χ1v) is 5.60. The molecule has 0 aliphatic rings. The number of benzene rings is 1. The molecule has 0 aliphatic heterocycles. The van der Waals surface area contributed by atoms with Crippen molar-refractivity contribution in [2.45, 2.75) is 13.0 Å². The molecule has 1 aromatic carbocycles. The zero-order valence-corrected chi connectivity index (χ0v) is 10.9. The lowest BCUT2D eigenvalue weighted by Crippen LogP contribution is -2.32. The molecule has 17 heavy (non-hydrogen) atoms. The van der Waals surface area contributed by atoms with Crippen LogP contribution in [0.2, 0.25) is 0 Å². The first-order chi connectivity index (χ1) is 7.82. The van der Waals surface area contributed by atoms with E-state index in [0.717, 1.165) is 12.1 Å². The first-order valence-electron chi connectivity index (χ1n) is 4.52. The summed E-state index contributed by atoms with van der Waals surface area (Å²) in [6.07, 6.45) is 0. The van der Waals surface area contributed by atoms with E-state index in [1.54, 1.807) is 22.6 Å². The number of anilines is 1. The van der Waals surface area contributed by atoms with Gasteiger partial charge in [-0.3, -0.25) is 14.9 Å². The Morgan fingerprint density at radius 2 is 2.24 bits per heavy atom. The summed E-state index contributed by atoms with van der Waals surface area (Å²) in [5.41, 5.74) is 4.64. The minimum Gasteiger partial charge on any atom is -0.368 e. The minimum atomic E-state index is -0.826. The lowest BCUT2D eigenvalue weighted by Gasteiger charge is -2.12. The predicted octanol–water partition coefficient (Wildman–Crippen LogP) is 1.62. The van der Waals surface area contributed by atoms with Crippen molar-refractivity contribution in [1.29, 1.82) is 0 Å². The number of halogens is 2. The maximum Gasteiger partial charge on any atom is 0.293 e. The van der Waals surface area contributed by atoms with E-state index in [0.29, 0.717) is 0 Å². The second-order valence-electron chi connectivity index (χ2n) is 3.31. The molecule has 0 fully saturated rings. The van der Waals surface area contributed by atoms with Crippen LogP contribution in [-0.2, 0) is 4.79 Å². The molecule has 0 heterocycles. The van der Waals surface area contributed by atoms with Gasteiger partial charge in [0.05, 0.1) is 8.49 Å². The lowest BCUT2D eigenvalue weighted by atomic mass is 10.2. The Morgan fingerprint density at radius 1 is 1.65 bits per heavy atom. The van der Waals surface area contributed by atoms with Crippen LogP contribution < -0.4 is 11.1 Å². The van der Waals surface area contributed by atoms with E-state index < -0.39 is 22.7 Å². The molecule has 0 saturated carbocycles. The molecule has 1 amide bonds. The van der Waals surface area contributed by atoms with Crippen molar-refractivity contribution in [3.05, 3.63) is 31.6 Å². The van der Waals surface area contributed by atoms with Gasteiger partial charge in [0.2, 0.25) is 5.91 Å². The van der Waals surface area contributed by atoms with Crippen molar-refractivity contribution in [2.24, 2.45) is 5.73 Å². The van der Waals surface area contributed by atoms with E-state index in [1.165, 1.54) is 6.92 Å². The smallest absolute Gasteiger partial charge is 0.293 e. The quantitative estimate of drug-likeness (QED) is 0.488. The number of primary amides is 1. The monoisotopic (exact) mass is 353 g/mol. The molecule has 0 bridgehead atoms. The third-order valence-corrected chi connectivity index (χ3v) is 2.86. The van der Waals surface area contributed by atoms with Crippen molar-refractivity contribution < 1.29 is 14.1 Å². The summed E-state index contributed by atoms with van der Waals surface area (Å²) < 4.78 is 13.4. The van der Waals surface area contributed by atoms with E-state index >= 15 is 0 Å². The summed E-state index contributed by atoms with van der Waals surface area (Å²) in [5.74, 6) is -1.28. The lowest BCUT2D eigenvalue weighted by molar-refractivity contribution is -0.384. The number of nitro benzene ring substituents is 1. The average molecular weight is 353 g/mol. The highest BCUT2D eigenvalue weighted by molar-refractivity contribution is 14.1. The normalized spacial score (nSPS) is 11.9. The molecule has 8 heteroatoms. The Kier molecular flexibility index (Phi) is 4.21. The maximum atomic E-state index is 13.3. The molecular weight excluding hydrogens is 344 g/mol. The van der Waals surface area contributed by atoms with Gasteiger partial charge in [-0.25, -0.2) is 4.39 Å². The van der Waals surface area contributed by atoms with Gasteiger partial charge in [0, 0.05) is 12.1 Å². The van der Waals surface area contributed by atoms with Crippen LogP contribution in [0.25, 0.3) is 0 Å². The molecule has 1 rings (SSSR count). The number of nitrogens with one attached hydrogen (secondary N) is 1. The fraction of sp³-hybridized carbons (Fsp3) is 0.222. The molecule has 3 N–H and O–H groups in total. The van der Waals surface area contributed by atoms with Crippen molar-refractivity contribution in [2.75, 3.05) is 5.32 Å². The number of hydrogen-bond donors (Lipinski definition) is 2. The van der Waals surface area contributed by atoms with Crippen LogP contribution in [0, 0.1) is 19.5 Å². The molecule has 0 radical (unpaired) electrons. The Labute approximate surface area is 110 Å². The highest BCUT2D eigenvalue weighted by Crippen LogP contribution is 2.29. The van der Waals surface area contributed by atoms with E-state index in [2.05, 4.69) is 5.32 Å².